The normalized spacial score (nSPS) is 12.7. The third-order valence-electron chi connectivity index (χ3n) is 4.02. The van der Waals surface area contributed by atoms with E-state index >= 15 is 0 Å². The average Bonchev–Trinajstić information content (AvgIpc) is 2.56. The summed E-state index contributed by atoms with van der Waals surface area (Å²) in [6.45, 7) is 5.61. The summed E-state index contributed by atoms with van der Waals surface area (Å²) in [5.41, 5.74) is 2.70. The van der Waals surface area contributed by atoms with Crippen molar-refractivity contribution in [3.63, 3.8) is 0 Å². The van der Waals surface area contributed by atoms with Crippen LogP contribution < -0.4 is 14.2 Å². The summed E-state index contributed by atoms with van der Waals surface area (Å²) in [4.78, 5) is 0.249. The van der Waals surface area contributed by atoms with E-state index in [4.69, 9.17) is 9.47 Å². The fourth-order valence-corrected chi connectivity index (χ4v) is 3.73. The lowest BCUT2D eigenvalue weighted by atomic mass is 10.1. The van der Waals surface area contributed by atoms with E-state index in [2.05, 4.69) is 4.72 Å². The predicted octanol–water partition coefficient (Wildman–Crippen LogP) is 3.36. The summed E-state index contributed by atoms with van der Waals surface area (Å²) in [5.74, 6) is 1.24. The monoisotopic (exact) mass is 349 g/mol. The van der Waals surface area contributed by atoms with Gasteiger partial charge in [-0.15, -0.1) is 0 Å². The molecule has 130 valence electrons. The number of rotatable bonds is 6. The number of hydrogen-bond donors (Lipinski definition) is 1. The van der Waals surface area contributed by atoms with E-state index in [1.165, 1.54) is 0 Å². The lowest BCUT2D eigenvalue weighted by Gasteiger charge is -2.18. The third-order valence-corrected chi connectivity index (χ3v) is 5.56. The molecule has 0 spiro atoms. The Kier molecular flexibility index (Phi) is 5.51. The van der Waals surface area contributed by atoms with Crippen LogP contribution in [0.4, 0.5) is 0 Å². The zero-order chi connectivity index (χ0) is 17.9. The fourth-order valence-electron chi connectivity index (χ4n) is 2.42. The minimum absolute atomic E-state index is 0.249. The highest BCUT2D eigenvalue weighted by atomic mass is 32.2. The van der Waals surface area contributed by atoms with Crippen molar-refractivity contribution < 1.29 is 17.9 Å². The van der Waals surface area contributed by atoms with E-state index in [0.717, 1.165) is 11.1 Å². The molecule has 1 atom stereocenters. The Bertz CT molecular complexity index is 831. The van der Waals surface area contributed by atoms with Crippen molar-refractivity contribution in [3.05, 3.63) is 53.1 Å². The van der Waals surface area contributed by atoms with Crippen molar-refractivity contribution >= 4 is 10.0 Å². The second-order valence-corrected chi connectivity index (χ2v) is 7.41. The standard InChI is InChI=1S/C18H23NO4S/c1-12-6-8-16(10-13(12)2)24(20,21)19-14(3)17-11-15(22-4)7-9-18(17)23-5/h6-11,14,19H,1-5H3/t14-/m0/s1. The Morgan fingerprint density at radius 2 is 1.67 bits per heavy atom. The fraction of sp³-hybridized carbons (Fsp3) is 0.333. The van der Waals surface area contributed by atoms with Gasteiger partial charge in [0.15, 0.2) is 0 Å². The van der Waals surface area contributed by atoms with E-state index in [0.29, 0.717) is 17.1 Å². The van der Waals surface area contributed by atoms with Crippen LogP contribution >= 0.6 is 0 Å². The zero-order valence-electron chi connectivity index (χ0n) is 14.6. The molecule has 6 heteroatoms. The van der Waals surface area contributed by atoms with E-state index < -0.39 is 16.1 Å². The second-order valence-electron chi connectivity index (χ2n) is 5.70. The predicted molar refractivity (Wildman–Crippen MR) is 94.2 cm³/mol. The molecule has 0 aliphatic heterocycles. The van der Waals surface area contributed by atoms with E-state index in [9.17, 15) is 8.42 Å². The first kappa shape index (κ1) is 18.3. The molecule has 0 radical (unpaired) electrons. The van der Waals surface area contributed by atoms with Gasteiger partial charge in [-0.3, -0.25) is 0 Å². The number of nitrogens with one attached hydrogen (secondary N) is 1. The van der Waals surface area contributed by atoms with Gasteiger partial charge >= 0.3 is 0 Å². The average molecular weight is 349 g/mol. The largest absolute Gasteiger partial charge is 0.497 e. The number of benzene rings is 2. The van der Waals surface area contributed by atoms with Crippen LogP contribution in [0.15, 0.2) is 41.3 Å². The number of aryl methyl sites for hydroxylation is 2. The molecule has 0 aliphatic carbocycles. The summed E-state index contributed by atoms with van der Waals surface area (Å²) in [7, 11) is -0.521. The van der Waals surface area contributed by atoms with Gasteiger partial charge in [0, 0.05) is 11.6 Å². The van der Waals surface area contributed by atoms with Gasteiger partial charge in [0.1, 0.15) is 11.5 Å². The van der Waals surface area contributed by atoms with Crippen LogP contribution in [-0.2, 0) is 10.0 Å². The number of methoxy groups -OCH3 is 2. The molecular weight excluding hydrogens is 326 g/mol. The molecule has 0 amide bonds. The first-order valence-electron chi connectivity index (χ1n) is 7.60. The smallest absolute Gasteiger partial charge is 0.241 e. The van der Waals surface area contributed by atoms with Crippen LogP contribution in [0.1, 0.15) is 29.7 Å². The second kappa shape index (κ2) is 7.23. The van der Waals surface area contributed by atoms with Crippen molar-refractivity contribution in [1.29, 1.82) is 0 Å². The van der Waals surface area contributed by atoms with Crippen LogP contribution in [0.2, 0.25) is 0 Å². The highest BCUT2D eigenvalue weighted by Gasteiger charge is 2.21. The maximum Gasteiger partial charge on any atom is 0.241 e. The molecular formula is C18H23NO4S. The van der Waals surface area contributed by atoms with Crippen molar-refractivity contribution in [2.24, 2.45) is 0 Å². The van der Waals surface area contributed by atoms with E-state index in [1.54, 1.807) is 57.5 Å². The van der Waals surface area contributed by atoms with E-state index in [-0.39, 0.29) is 4.90 Å². The maximum atomic E-state index is 12.7. The van der Waals surface area contributed by atoms with Crippen LogP contribution in [0.3, 0.4) is 0 Å². The van der Waals surface area contributed by atoms with Gasteiger partial charge in [-0.2, -0.15) is 0 Å². The SMILES string of the molecule is COc1ccc(OC)c([C@H](C)NS(=O)(=O)c2ccc(C)c(C)c2)c1. The highest BCUT2D eigenvalue weighted by molar-refractivity contribution is 7.89. The summed E-state index contributed by atoms with van der Waals surface area (Å²) < 4.78 is 38.5. The number of hydrogen-bond acceptors (Lipinski definition) is 4. The molecule has 0 saturated carbocycles. The van der Waals surface area contributed by atoms with Gasteiger partial charge in [-0.1, -0.05) is 6.07 Å². The van der Waals surface area contributed by atoms with Gasteiger partial charge in [-0.05, 0) is 62.2 Å². The van der Waals surface area contributed by atoms with Crippen molar-refractivity contribution in [2.75, 3.05) is 14.2 Å². The lowest BCUT2D eigenvalue weighted by molar-refractivity contribution is 0.395. The van der Waals surface area contributed by atoms with E-state index in [1.807, 2.05) is 13.8 Å². The van der Waals surface area contributed by atoms with Crippen LogP contribution in [-0.4, -0.2) is 22.6 Å². The Balaban J connectivity index is 2.34. The molecule has 0 aliphatic rings. The Hall–Kier alpha value is -2.05. The summed E-state index contributed by atoms with van der Waals surface area (Å²) >= 11 is 0. The number of sulfonamides is 1. The maximum absolute atomic E-state index is 12.7. The molecule has 0 unspecified atom stereocenters. The third kappa shape index (κ3) is 3.88. The minimum Gasteiger partial charge on any atom is -0.497 e. The summed E-state index contributed by atoms with van der Waals surface area (Å²) in [5, 5.41) is 0. The molecule has 0 heterocycles. The van der Waals surface area contributed by atoms with Crippen LogP contribution in [0.25, 0.3) is 0 Å². The van der Waals surface area contributed by atoms with Crippen LogP contribution in [0, 0.1) is 13.8 Å². The molecule has 2 rings (SSSR count). The Morgan fingerprint density at radius 1 is 0.958 bits per heavy atom. The van der Waals surface area contributed by atoms with Crippen molar-refractivity contribution in [1.82, 2.24) is 4.72 Å². The molecule has 0 saturated heterocycles. The van der Waals surface area contributed by atoms with Gasteiger partial charge in [0.2, 0.25) is 10.0 Å². The summed E-state index contributed by atoms with van der Waals surface area (Å²) in [6.07, 6.45) is 0. The molecule has 2 aromatic rings. The summed E-state index contributed by atoms with van der Waals surface area (Å²) in [6, 6.07) is 9.92. The quantitative estimate of drug-likeness (QED) is 0.868. The highest BCUT2D eigenvalue weighted by Crippen LogP contribution is 2.30. The lowest BCUT2D eigenvalue weighted by Crippen LogP contribution is -2.27. The van der Waals surface area contributed by atoms with Gasteiger partial charge in [0.25, 0.3) is 0 Å². The first-order valence-corrected chi connectivity index (χ1v) is 9.08. The number of ether oxygens (including phenoxy) is 2. The van der Waals surface area contributed by atoms with Gasteiger partial charge in [0.05, 0.1) is 19.1 Å². The zero-order valence-corrected chi connectivity index (χ0v) is 15.4. The molecule has 0 bridgehead atoms. The first-order chi connectivity index (χ1) is 11.3. The molecule has 5 nitrogen and oxygen atoms in total. The Morgan fingerprint density at radius 3 is 2.25 bits per heavy atom. The van der Waals surface area contributed by atoms with Gasteiger partial charge < -0.3 is 9.47 Å². The molecule has 24 heavy (non-hydrogen) atoms. The van der Waals surface area contributed by atoms with Gasteiger partial charge in [-0.25, -0.2) is 13.1 Å². The molecule has 0 fully saturated rings. The topological polar surface area (TPSA) is 64.6 Å². The minimum atomic E-state index is -3.64. The van der Waals surface area contributed by atoms with Crippen molar-refractivity contribution in [2.45, 2.75) is 31.7 Å². The molecule has 2 aromatic carbocycles. The Labute approximate surface area is 143 Å². The molecule has 1 N–H and O–H groups in total. The van der Waals surface area contributed by atoms with Crippen LogP contribution in [0.5, 0.6) is 11.5 Å². The molecule has 0 aromatic heterocycles. The van der Waals surface area contributed by atoms with Crippen molar-refractivity contribution in [3.8, 4) is 11.5 Å².